The first-order valence-electron chi connectivity index (χ1n) is 21.7. The van der Waals surface area contributed by atoms with Crippen LogP contribution >= 0.6 is 0 Å². The van der Waals surface area contributed by atoms with Crippen LogP contribution in [0.4, 0.5) is 0 Å². The fourth-order valence-electron chi connectivity index (χ4n) is 7.80. The van der Waals surface area contributed by atoms with E-state index < -0.39 is 0 Å². The minimum atomic E-state index is -0.122. The molecule has 0 unspecified atom stereocenters. The second-order valence-corrected chi connectivity index (χ2v) is 30.7. The van der Waals surface area contributed by atoms with E-state index in [1.165, 1.54) is 75.8 Å². The van der Waals surface area contributed by atoms with Gasteiger partial charge in [0.1, 0.15) is 0 Å². The van der Waals surface area contributed by atoms with E-state index in [1.54, 1.807) is 57.0 Å². The van der Waals surface area contributed by atoms with Crippen molar-refractivity contribution in [3.8, 4) is 0 Å². The Labute approximate surface area is 433 Å². The van der Waals surface area contributed by atoms with E-state index in [1.807, 2.05) is 0 Å². The SMILES string of the molecule is C[Si](=[Zr+2])c1ccccc1.C[Si](=[Zr+2])c1ccccc1.Cc1cc2ccccc2[cH-]1.Cc1cc2ccccc2[cH-]1.[Cl-].[Cl-].c1ccc2c(c1)[cH-]c1ccccc12.c1ccc2c(c1)[cH-]c1ccccc12. The van der Waals surface area contributed by atoms with Crippen LogP contribution in [0.25, 0.3) is 64.6 Å². The Morgan fingerprint density at radius 1 is 0.303 bits per heavy atom. The molecule has 0 atom stereocenters. The molecule has 0 heterocycles. The van der Waals surface area contributed by atoms with Crippen LogP contribution in [0.5, 0.6) is 0 Å². The summed E-state index contributed by atoms with van der Waals surface area (Å²) in [5.74, 6) is 0. The van der Waals surface area contributed by atoms with Crippen LogP contribution in [0.3, 0.4) is 0 Å². The van der Waals surface area contributed by atoms with Crippen molar-refractivity contribution in [1.82, 2.24) is 0 Å². The molecule has 12 rings (SSSR count). The van der Waals surface area contributed by atoms with Gasteiger partial charge >= 0.3 is 142 Å². The molecule has 0 aromatic heterocycles. The van der Waals surface area contributed by atoms with Gasteiger partial charge < -0.3 is 24.8 Å². The first-order chi connectivity index (χ1) is 31.2. The Bertz CT molecular complexity index is 2980. The summed E-state index contributed by atoms with van der Waals surface area (Å²) in [5.41, 5.74) is 2.45. The van der Waals surface area contributed by atoms with Crippen molar-refractivity contribution in [2.24, 2.45) is 0 Å². The molecule has 0 fully saturated rings. The van der Waals surface area contributed by atoms with Crippen LogP contribution in [0, 0.1) is 13.8 Å². The third-order valence-electron chi connectivity index (χ3n) is 11.0. The van der Waals surface area contributed by atoms with Crippen LogP contribution in [-0.4, -0.2) is 10.9 Å². The summed E-state index contributed by atoms with van der Waals surface area (Å²) in [6.45, 7) is 8.94. The molecular formula is C60H52Cl2Si2Zr2-2. The standard InChI is InChI=1S/2C13H9.2C10H9.2C7H8Si.2ClH.2Zr/c2*1-3-7-12-10(5-1)9-11-6-2-4-8-13(11)12;2*1-8-6-9-4-2-3-5-10(9)7-8;2*1-8-7-5-3-2-4-6-7;;;;/h2*1-9H;2*2-7H,1H3;2*2-6H,1H3;2*1H;;/q4*-1;;;;;2*+2/p-2. The number of hydrogen-bond donors (Lipinski definition) is 0. The predicted molar refractivity (Wildman–Crippen MR) is 278 cm³/mol. The molecule has 0 aliphatic carbocycles. The van der Waals surface area contributed by atoms with Gasteiger partial charge in [0.05, 0.1) is 0 Å². The molecule has 0 aliphatic rings. The van der Waals surface area contributed by atoms with E-state index in [4.69, 9.17) is 0 Å². The molecule has 0 spiro atoms. The molecule has 12 aromatic rings. The number of fused-ring (bicyclic) bond motifs is 8. The summed E-state index contributed by atoms with van der Waals surface area (Å²) in [6.07, 6.45) is 0. The zero-order valence-corrected chi connectivity index (χ0v) is 46.3. The van der Waals surface area contributed by atoms with Crippen molar-refractivity contribution in [3.63, 3.8) is 0 Å². The fraction of sp³-hybridized carbons (Fsp3) is 0.0667. The van der Waals surface area contributed by atoms with Gasteiger partial charge in [0.25, 0.3) is 0 Å². The number of aryl methyl sites for hydroxylation is 2. The van der Waals surface area contributed by atoms with Crippen LogP contribution in [0.15, 0.2) is 243 Å². The summed E-state index contributed by atoms with van der Waals surface area (Å²) in [5, 5.41) is 19.3. The molecule has 324 valence electrons. The third-order valence-corrected chi connectivity index (χ3v) is 17.6. The Morgan fingerprint density at radius 2 is 0.545 bits per heavy atom. The van der Waals surface area contributed by atoms with Gasteiger partial charge in [0.15, 0.2) is 0 Å². The number of hydrogen-bond acceptors (Lipinski definition) is 0. The monoisotopic (exact) mass is 1080 g/mol. The Hall–Kier alpha value is -4.50. The van der Waals surface area contributed by atoms with Gasteiger partial charge in [-0.05, 0) is 0 Å². The Balaban J connectivity index is 0.000000149. The van der Waals surface area contributed by atoms with Crippen LogP contribution in [-0.2, 0) is 46.7 Å². The summed E-state index contributed by atoms with van der Waals surface area (Å²) in [4.78, 5) is 0. The molecule has 0 aliphatic heterocycles. The van der Waals surface area contributed by atoms with Gasteiger partial charge in [-0.2, -0.15) is 12.1 Å². The average Bonchev–Trinajstić information content (AvgIpc) is 4.12. The average molecular weight is 1080 g/mol. The predicted octanol–water partition coefficient (Wildman–Crippen LogP) is 9.29. The van der Waals surface area contributed by atoms with Crippen molar-refractivity contribution < 1.29 is 71.5 Å². The Morgan fingerprint density at radius 3 is 0.803 bits per heavy atom. The summed E-state index contributed by atoms with van der Waals surface area (Å²) in [6, 6.07) is 85.7. The second-order valence-electron chi connectivity index (χ2n) is 15.9. The van der Waals surface area contributed by atoms with Crippen LogP contribution < -0.4 is 35.2 Å². The number of halogens is 2. The summed E-state index contributed by atoms with van der Waals surface area (Å²) >= 11 is 3.38. The molecule has 0 bridgehead atoms. The molecule has 6 heteroatoms. The van der Waals surface area contributed by atoms with Crippen LogP contribution in [0.2, 0.25) is 13.1 Å². The molecule has 0 saturated carbocycles. The molecule has 0 N–H and O–H groups in total. The molecular weight excluding hydrogens is 1030 g/mol. The van der Waals surface area contributed by atoms with Gasteiger partial charge in [-0.25, -0.2) is 0 Å². The van der Waals surface area contributed by atoms with Crippen molar-refractivity contribution in [1.29, 1.82) is 0 Å². The van der Waals surface area contributed by atoms with Gasteiger partial charge in [0.2, 0.25) is 0 Å². The van der Waals surface area contributed by atoms with E-state index in [9.17, 15) is 0 Å². The molecule has 0 amide bonds. The maximum atomic E-state index is 2.35. The van der Waals surface area contributed by atoms with Crippen molar-refractivity contribution >= 4 is 85.9 Å². The topological polar surface area (TPSA) is 0 Å². The van der Waals surface area contributed by atoms with Gasteiger partial charge in [-0.15, -0.1) is 161 Å². The van der Waals surface area contributed by atoms with Crippen LogP contribution in [0.1, 0.15) is 11.1 Å². The van der Waals surface area contributed by atoms with E-state index in [-0.39, 0.29) is 35.7 Å². The Kier molecular flexibility index (Phi) is 21.3. The van der Waals surface area contributed by atoms with Gasteiger partial charge in [-0.1, -0.05) is 98.8 Å². The molecule has 0 nitrogen and oxygen atoms in total. The third kappa shape index (κ3) is 14.7. The molecule has 66 heavy (non-hydrogen) atoms. The molecule has 12 aromatic carbocycles. The van der Waals surface area contributed by atoms with Crippen molar-refractivity contribution in [3.05, 3.63) is 254 Å². The van der Waals surface area contributed by atoms with Gasteiger partial charge in [-0.3, -0.25) is 0 Å². The van der Waals surface area contributed by atoms with E-state index in [0.29, 0.717) is 0 Å². The maximum Gasteiger partial charge on any atom is -0.0579 e. The largest absolute Gasteiger partial charge is 1.00 e. The van der Waals surface area contributed by atoms with E-state index in [0.717, 1.165) is 0 Å². The zero-order chi connectivity index (χ0) is 44.7. The first-order valence-corrected chi connectivity index (χ1v) is 33.1. The quantitative estimate of drug-likeness (QED) is 0.120. The van der Waals surface area contributed by atoms with Crippen molar-refractivity contribution in [2.75, 3.05) is 0 Å². The second kappa shape index (κ2) is 26.7. The fourth-order valence-corrected chi connectivity index (χ4v) is 11.6. The van der Waals surface area contributed by atoms with Crippen molar-refractivity contribution in [2.45, 2.75) is 26.9 Å². The maximum absolute atomic E-state index is 2.35. The first kappa shape index (κ1) is 52.5. The number of rotatable bonds is 2. The zero-order valence-electron chi connectivity index (χ0n) is 37.8. The molecule has 0 radical (unpaired) electrons. The summed E-state index contributed by atoms with van der Waals surface area (Å²) < 4.78 is 0. The minimum absolute atomic E-state index is 0. The number of benzene rings is 8. The van der Waals surface area contributed by atoms with E-state index in [2.05, 4.69) is 270 Å². The van der Waals surface area contributed by atoms with E-state index >= 15 is 0 Å². The normalized spacial score (nSPS) is 10.1. The smallest absolute Gasteiger partial charge is 0.0579 e. The molecule has 0 saturated heterocycles. The van der Waals surface area contributed by atoms with Gasteiger partial charge in [0, 0.05) is 0 Å². The minimum Gasteiger partial charge on any atom is -1.00 e. The summed E-state index contributed by atoms with van der Waals surface area (Å²) in [7, 11) is 0.